The van der Waals surface area contributed by atoms with E-state index in [-0.39, 0.29) is 18.7 Å². The van der Waals surface area contributed by atoms with Gasteiger partial charge in [-0.1, -0.05) is 95.8 Å². The Labute approximate surface area is 199 Å². The van der Waals surface area contributed by atoms with Crippen molar-refractivity contribution >= 4 is 23.8 Å². The highest BCUT2D eigenvalue weighted by atomic mass is 16.6. The lowest BCUT2D eigenvalue weighted by Gasteiger charge is -2.08. The molecule has 1 aromatic rings. The van der Waals surface area contributed by atoms with Crippen molar-refractivity contribution in [1.29, 1.82) is 0 Å². The summed E-state index contributed by atoms with van der Waals surface area (Å²) in [6, 6.07) is 8.65. The fourth-order valence-corrected chi connectivity index (χ4v) is 3.48. The van der Waals surface area contributed by atoms with Gasteiger partial charge in [0.05, 0.1) is 12.0 Å². The first-order chi connectivity index (χ1) is 16.0. The second-order valence-corrected chi connectivity index (χ2v) is 8.39. The van der Waals surface area contributed by atoms with Gasteiger partial charge >= 0.3 is 17.9 Å². The number of esters is 3. The van der Waals surface area contributed by atoms with Crippen LogP contribution in [0, 0.1) is 0 Å². The molecule has 0 unspecified atom stereocenters. The molecule has 0 aromatic heterocycles. The molecule has 0 radical (unpaired) electrons. The van der Waals surface area contributed by atoms with Crippen LogP contribution in [0.1, 0.15) is 114 Å². The maximum Gasteiger partial charge on any atom is 0.344 e. The summed E-state index contributed by atoms with van der Waals surface area (Å²) >= 11 is 0. The summed E-state index contributed by atoms with van der Waals surface area (Å²) in [6.07, 6.45) is 15.2. The molecule has 0 fully saturated rings. The van der Waals surface area contributed by atoms with Crippen molar-refractivity contribution in [2.45, 2.75) is 104 Å². The minimum Gasteiger partial charge on any atom is -0.408 e. The summed E-state index contributed by atoms with van der Waals surface area (Å²) in [6.45, 7) is 3.96. The van der Waals surface area contributed by atoms with Crippen LogP contribution in [0.15, 0.2) is 35.3 Å². The van der Waals surface area contributed by atoms with Crippen molar-refractivity contribution in [3.05, 3.63) is 35.9 Å². The predicted molar refractivity (Wildman–Crippen MR) is 131 cm³/mol. The smallest absolute Gasteiger partial charge is 0.344 e. The average Bonchev–Trinajstić information content (AvgIpc) is 2.80. The molecule has 1 rings (SSSR count). The maximum absolute atomic E-state index is 12.3. The molecule has 0 atom stereocenters. The number of aliphatic imine (C=N–C) groups is 1. The fourth-order valence-electron chi connectivity index (χ4n) is 3.48. The third-order valence-corrected chi connectivity index (χ3v) is 5.32. The van der Waals surface area contributed by atoms with Gasteiger partial charge in [-0.3, -0.25) is 14.6 Å². The highest BCUT2D eigenvalue weighted by Gasteiger charge is 2.14. The number of rotatable bonds is 17. The third-order valence-electron chi connectivity index (χ3n) is 5.32. The summed E-state index contributed by atoms with van der Waals surface area (Å²) in [5, 5.41) is 0. The largest absolute Gasteiger partial charge is 0.408 e. The van der Waals surface area contributed by atoms with Crippen molar-refractivity contribution in [2.24, 2.45) is 4.99 Å². The van der Waals surface area contributed by atoms with E-state index in [1.165, 1.54) is 71.1 Å². The Morgan fingerprint density at radius 2 is 1.27 bits per heavy atom. The van der Waals surface area contributed by atoms with Gasteiger partial charge in [-0.05, 0) is 18.6 Å². The average molecular weight is 460 g/mol. The van der Waals surface area contributed by atoms with Crippen LogP contribution in [-0.2, 0) is 19.1 Å². The Balaban J connectivity index is 2.32. The van der Waals surface area contributed by atoms with Gasteiger partial charge in [-0.15, -0.1) is 0 Å². The second-order valence-electron chi connectivity index (χ2n) is 8.39. The molecule has 0 heterocycles. The monoisotopic (exact) mass is 459 g/mol. The van der Waals surface area contributed by atoms with E-state index in [1.54, 1.807) is 24.3 Å². The van der Waals surface area contributed by atoms with Crippen LogP contribution in [0.2, 0.25) is 0 Å². The SMILES string of the molecule is CCCCCCCCCCCCCCN=C(CCC(=O)OC(C)=O)OC(=O)c1ccccc1. The van der Waals surface area contributed by atoms with Crippen molar-refractivity contribution < 1.29 is 23.9 Å². The quantitative estimate of drug-likeness (QED) is 0.0840. The molecule has 0 bridgehead atoms. The second kappa shape index (κ2) is 19.0. The Hall–Kier alpha value is -2.50. The number of hydrogen-bond donors (Lipinski definition) is 0. The van der Waals surface area contributed by atoms with E-state index in [0.717, 1.165) is 12.8 Å². The predicted octanol–water partition coefficient (Wildman–Crippen LogP) is 6.81. The minimum atomic E-state index is -0.656. The Morgan fingerprint density at radius 1 is 0.727 bits per heavy atom. The summed E-state index contributed by atoms with van der Waals surface area (Å²) in [5.74, 6) is -1.62. The topological polar surface area (TPSA) is 82.0 Å². The van der Waals surface area contributed by atoms with Gasteiger partial charge in [-0.2, -0.15) is 0 Å². The molecule has 0 aliphatic heterocycles. The first kappa shape index (κ1) is 28.5. The van der Waals surface area contributed by atoms with Crippen LogP contribution in [-0.4, -0.2) is 30.4 Å². The van der Waals surface area contributed by atoms with Crippen LogP contribution >= 0.6 is 0 Å². The van der Waals surface area contributed by atoms with Crippen LogP contribution in [0.3, 0.4) is 0 Å². The molecule has 6 nitrogen and oxygen atoms in total. The minimum absolute atomic E-state index is 0.0705. The van der Waals surface area contributed by atoms with E-state index in [4.69, 9.17) is 4.74 Å². The summed E-state index contributed by atoms with van der Waals surface area (Å²) in [4.78, 5) is 39.3. The molecule has 184 valence electrons. The summed E-state index contributed by atoms with van der Waals surface area (Å²) < 4.78 is 9.96. The van der Waals surface area contributed by atoms with Gasteiger partial charge in [0.2, 0.25) is 0 Å². The lowest BCUT2D eigenvalue weighted by atomic mass is 10.1. The molecule has 0 aliphatic carbocycles. The number of ether oxygens (including phenoxy) is 2. The zero-order chi connectivity index (χ0) is 24.2. The zero-order valence-electron chi connectivity index (χ0n) is 20.5. The number of benzene rings is 1. The number of nitrogens with zero attached hydrogens (tertiary/aromatic N) is 1. The zero-order valence-corrected chi connectivity index (χ0v) is 20.5. The van der Waals surface area contributed by atoms with Crippen LogP contribution in [0.25, 0.3) is 0 Å². The van der Waals surface area contributed by atoms with Crippen LogP contribution in [0.4, 0.5) is 0 Å². The molecule has 0 spiro atoms. The number of carbonyl (C=O) groups is 3. The Kier molecular flexibility index (Phi) is 16.4. The molecule has 1 aromatic carbocycles. The van der Waals surface area contributed by atoms with Gasteiger partial charge in [-0.25, -0.2) is 4.79 Å². The van der Waals surface area contributed by atoms with E-state index in [9.17, 15) is 14.4 Å². The fraction of sp³-hybridized carbons (Fsp3) is 0.630. The molecule has 0 aliphatic rings. The molecule has 0 N–H and O–H groups in total. The molecule has 33 heavy (non-hydrogen) atoms. The molecule has 0 saturated carbocycles. The highest BCUT2D eigenvalue weighted by Crippen LogP contribution is 2.12. The Bertz CT molecular complexity index is 714. The first-order valence-electron chi connectivity index (χ1n) is 12.5. The molecular weight excluding hydrogens is 418 g/mol. The van der Waals surface area contributed by atoms with Crippen LogP contribution in [0.5, 0.6) is 0 Å². The molecule has 0 amide bonds. The van der Waals surface area contributed by atoms with Crippen molar-refractivity contribution in [3.63, 3.8) is 0 Å². The van der Waals surface area contributed by atoms with Crippen molar-refractivity contribution in [1.82, 2.24) is 0 Å². The maximum atomic E-state index is 12.3. The third kappa shape index (κ3) is 15.9. The molecular formula is C27H41NO5. The number of carbonyl (C=O) groups excluding carboxylic acids is 3. The summed E-state index contributed by atoms with van der Waals surface area (Å²) in [7, 11) is 0. The Morgan fingerprint density at radius 3 is 1.82 bits per heavy atom. The van der Waals surface area contributed by atoms with E-state index >= 15 is 0 Å². The normalized spacial score (nSPS) is 11.3. The van der Waals surface area contributed by atoms with E-state index < -0.39 is 17.9 Å². The summed E-state index contributed by atoms with van der Waals surface area (Å²) in [5.41, 5.74) is 0.418. The van der Waals surface area contributed by atoms with E-state index in [0.29, 0.717) is 12.1 Å². The number of hydrogen-bond acceptors (Lipinski definition) is 6. The van der Waals surface area contributed by atoms with Gasteiger partial charge < -0.3 is 9.47 Å². The van der Waals surface area contributed by atoms with Gasteiger partial charge in [0, 0.05) is 19.9 Å². The van der Waals surface area contributed by atoms with Gasteiger partial charge in [0.25, 0.3) is 0 Å². The van der Waals surface area contributed by atoms with Gasteiger partial charge in [0.15, 0.2) is 5.90 Å². The van der Waals surface area contributed by atoms with Crippen molar-refractivity contribution in [2.75, 3.05) is 6.54 Å². The highest BCUT2D eigenvalue weighted by molar-refractivity contribution is 5.99. The van der Waals surface area contributed by atoms with E-state index in [2.05, 4.69) is 16.7 Å². The first-order valence-corrected chi connectivity index (χ1v) is 12.5. The van der Waals surface area contributed by atoms with Gasteiger partial charge in [0.1, 0.15) is 0 Å². The van der Waals surface area contributed by atoms with E-state index in [1.807, 2.05) is 6.07 Å². The molecule has 6 heteroatoms. The standard InChI is InChI=1S/C27H41NO5/c1-3-4-5-6-7-8-9-10-11-12-13-17-22-28-25(20-21-26(30)32-23(2)29)33-27(31)24-18-15-14-16-19-24/h14-16,18-19H,3-13,17,20-22H2,1-2H3. The lowest BCUT2D eigenvalue weighted by Crippen LogP contribution is -2.16. The van der Waals surface area contributed by atoms with Crippen molar-refractivity contribution in [3.8, 4) is 0 Å². The van der Waals surface area contributed by atoms with Crippen LogP contribution < -0.4 is 0 Å². The number of unbranched alkanes of at least 4 members (excludes halogenated alkanes) is 11. The lowest BCUT2D eigenvalue weighted by molar-refractivity contribution is -0.157. The molecule has 0 saturated heterocycles.